The average molecular weight is 546 g/mol. The molecule has 9 heteroatoms. The highest BCUT2D eigenvalue weighted by Gasteiger charge is 2.13. The van der Waals surface area contributed by atoms with Crippen LogP contribution in [0.5, 0.6) is 11.5 Å². The SMILES string of the molecule is COc1cc(CNc2ccc(Cl)c(C(=O)O)c2)c(Br)cc1OCc1ccc(Cl)c(Cl)c1. The minimum absolute atomic E-state index is 0.0364. The molecular weight excluding hydrogens is 529 g/mol. The number of rotatable bonds is 8. The monoisotopic (exact) mass is 543 g/mol. The van der Waals surface area contributed by atoms with Gasteiger partial charge in [-0.3, -0.25) is 0 Å². The first kappa shape index (κ1) is 23.5. The highest BCUT2D eigenvalue weighted by atomic mass is 79.9. The lowest BCUT2D eigenvalue weighted by Crippen LogP contribution is -2.04. The Hall–Kier alpha value is -2.12. The number of aromatic carboxylic acids is 1. The minimum atomic E-state index is -1.08. The van der Waals surface area contributed by atoms with Crippen LogP contribution in [0.1, 0.15) is 21.5 Å². The Morgan fingerprint density at radius 3 is 2.42 bits per heavy atom. The summed E-state index contributed by atoms with van der Waals surface area (Å²) in [5.74, 6) is 0.0335. The Kier molecular flexibility index (Phi) is 7.94. The zero-order valence-electron chi connectivity index (χ0n) is 16.2. The average Bonchev–Trinajstić information content (AvgIpc) is 2.74. The summed E-state index contributed by atoms with van der Waals surface area (Å²) in [6.45, 7) is 0.713. The second-order valence-corrected chi connectivity index (χ2v) is 8.56. The van der Waals surface area contributed by atoms with Crippen LogP contribution in [0.15, 0.2) is 53.0 Å². The largest absolute Gasteiger partial charge is 0.493 e. The molecule has 2 N–H and O–H groups in total. The van der Waals surface area contributed by atoms with Crippen LogP contribution in [0.3, 0.4) is 0 Å². The first-order chi connectivity index (χ1) is 14.8. The van der Waals surface area contributed by atoms with Gasteiger partial charge in [-0.15, -0.1) is 0 Å². The molecule has 0 aromatic heterocycles. The molecule has 0 spiro atoms. The number of hydrogen-bond donors (Lipinski definition) is 2. The third kappa shape index (κ3) is 5.98. The Bertz CT molecular complexity index is 1120. The molecule has 0 aliphatic heterocycles. The normalized spacial score (nSPS) is 10.6. The van der Waals surface area contributed by atoms with Crippen molar-refractivity contribution >= 4 is 62.4 Å². The fraction of sp³-hybridized carbons (Fsp3) is 0.136. The molecule has 162 valence electrons. The van der Waals surface area contributed by atoms with Crippen molar-refractivity contribution in [1.82, 2.24) is 0 Å². The molecule has 0 amide bonds. The number of nitrogens with one attached hydrogen (secondary N) is 1. The molecule has 3 aromatic rings. The molecule has 0 bridgehead atoms. The molecule has 3 aromatic carbocycles. The summed E-state index contributed by atoms with van der Waals surface area (Å²) >= 11 is 21.5. The maximum atomic E-state index is 11.3. The van der Waals surface area contributed by atoms with E-state index in [2.05, 4.69) is 21.2 Å². The van der Waals surface area contributed by atoms with Crippen LogP contribution < -0.4 is 14.8 Å². The number of halogens is 4. The van der Waals surface area contributed by atoms with Crippen LogP contribution >= 0.6 is 50.7 Å². The van der Waals surface area contributed by atoms with E-state index in [0.29, 0.717) is 40.4 Å². The Labute approximate surface area is 203 Å². The number of benzene rings is 3. The van der Waals surface area contributed by atoms with Crippen LogP contribution in [-0.4, -0.2) is 18.2 Å². The number of methoxy groups -OCH3 is 1. The van der Waals surface area contributed by atoms with E-state index in [9.17, 15) is 9.90 Å². The quantitative estimate of drug-likeness (QED) is 0.311. The van der Waals surface area contributed by atoms with Gasteiger partial charge in [-0.05, 0) is 53.6 Å². The molecule has 31 heavy (non-hydrogen) atoms. The van der Waals surface area contributed by atoms with E-state index in [-0.39, 0.29) is 10.6 Å². The van der Waals surface area contributed by atoms with Gasteiger partial charge in [0, 0.05) is 16.7 Å². The van der Waals surface area contributed by atoms with E-state index in [1.165, 1.54) is 6.07 Å². The number of carboxylic acid groups (broad SMARTS) is 1. The van der Waals surface area contributed by atoms with Gasteiger partial charge in [0.1, 0.15) is 6.61 Å². The molecule has 0 radical (unpaired) electrons. The van der Waals surface area contributed by atoms with Gasteiger partial charge in [0.05, 0.1) is 27.7 Å². The second-order valence-electron chi connectivity index (χ2n) is 6.48. The fourth-order valence-corrected chi connectivity index (χ4v) is 3.75. The third-order valence-electron chi connectivity index (χ3n) is 4.39. The Morgan fingerprint density at radius 1 is 1.00 bits per heavy atom. The molecule has 0 atom stereocenters. The lowest BCUT2D eigenvalue weighted by atomic mass is 10.1. The van der Waals surface area contributed by atoms with Gasteiger partial charge >= 0.3 is 5.97 Å². The molecule has 0 aliphatic rings. The summed E-state index contributed by atoms with van der Waals surface area (Å²) in [5.41, 5.74) is 2.43. The number of anilines is 1. The topological polar surface area (TPSA) is 67.8 Å². The van der Waals surface area contributed by atoms with Crippen molar-refractivity contribution in [3.63, 3.8) is 0 Å². The van der Waals surface area contributed by atoms with Gasteiger partial charge in [0.15, 0.2) is 11.5 Å². The van der Waals surface area contributed by atoms with Gasteiger partial charge in [0.25, 0.3) is 0 Å². The zero-order chi connectivity index (χ0) is 22.5. The fourth-order valence-electron chi connectivity index (χ4n) is 2.77. The number of carbonyl (C=O) groups is 1. The van der Waals surface area contributed by atoms with Gasteiger partial charge in [-0.25, -0.2) is 4.79 Å². The van der Waals surface area contributed by atoms with Gasteiger partial charge < -0.3 is 19.9 Å². The van der Waals surface area contributed by atoms with E-state index >= 15 is 0 Å². The van der Waals surface area contributed by atoms with Gasteiger partial charge in [-0.1, -0.05) is 56.8 Å². The third-order valence-corrected chi connectivity index (χ3v) is 6.20. The Morgan fingerprint density at radius 2 is 1.74 bits per heavy atom. The van der Waals surface area contributed by atoms with Crippen molar-refractivity contribution < 1.29 is 19.4 Å². The summed E-state index contributed by atoms with van der Waals surface area (Å²) in [4.78, 5) is 11.3. The second kappa shape index (κ2) is 10.5. The first-order valence-corrected chi connectivity index (χ1v) is 10.9. The standard InChI is InChI=1S/C22H17BrCl3NO4/c1-30-20-7-13(10-27-14-3-5-17(24)15(8-14)22(28)29)16(23)9-21(20)31-11-12-2-4-18(25)19(26)6-12/h2-9,27H,10-11H2,1H3,(H,28,29). The van der Waals surface area contributed by atoms with Crippen LogP contribution in [0.4, 0.5) is 5.69 Å². The summed E-state index contributed by atoms with van der Waals surface area (Å²) in [7, 11) is 1.56. The van der Waals surface area contributed by atoms with Crippen molar-refractivity contribution in [3.05, 3.63) is 84.8 Å². The molecule has 0 heterocycles. The smallest absolute Gasteiger partial charge is 0.337 e. The molecule has 3 rings (SSSR count). The van der Waals surface area contributed by atoms with Gasteiger partial charge in [-0.2, -0.15) is 0 Å². The van der Waals surface area contributed by atoms with E-state index in [0.717, 1.165) is 15.6 Å². The lowest BCUT2D eigenvalue weighted by molar-refractivity contribution is 0.0697. The summed E-state index contributed by atoms with van der Waals surface area (Å²) in [6.07, 6.45) is 0. The highest BCUT2D eigenvalue weighted by Crippen LogP contribution is 2.35. The van der Waals surface area contributed by atoms with Crippen LogP contribution in [-0.2, 0) is 13.2 Å². The predicted octanol–water partition coefficient (Wildman–Crippen LogP) is 7.31. The maximum absolute atomic E-state index is 11.3. The molecule has 0 saturated heterocycles. The van der Waals surface area contributed by atoms with Crippen molar-refractivity contribution in [2.45, 2.75) is 13.2 Å². The maximum Gasteiger partial charge on any atom is 0.337 e. The van der Waals surface area contributed by atoms with E-state index in [1.54, 1.807) is 31.4 Å². The highest BCUT2D eigenvalue weighted by molar-refractivity contribution is 9.10. The summed E-state index contributed by atoms with van der Waals surface area (Å²) in [6, 6.07) is 13.7. The molecule has 0 aliphatic carbocycles. The van der Waals surface area contributed by atoms with Crippen molar-refractivity contribution in [2.75, 3.05) is 12.4 Å². The first-order valence-electron chi connectivity index (χ1n) is 8.98. The van der Waals surface area contributed by atoms with Crippen LogP contribution in [0, 0.1) is 0 Å². The van der Waals surface area contributed by atoms with E-state index in [1.807, 2.05) is 18.2 Å². The molecule has 0 fully saturated rings. The predicted molar refractivity (Wildman–Crippen MR) is 127 cm³/mol. The molecule has 0 unspecified atom stereocenters. The Balaban J connectivity index is 1.73. The number of hydrogen-bond acceptors (Lipinski definition) is 4. The molecule has 5 nitrogen and oxygen atoms in total. The summed E-state index contributed by atoms with van der Waals surface area (Å²) in [5, 5.41) is 13.5. The molecular formula is C22H17BrCl3NO4. The minimum Gasteiger partial charge on any atom is -0.493 e. The van der Waals surface area contributed by atoms with E-state index < -0.39 is 5.97 Å². The van der Waals surface area contributed by atoms with Crippen LogP contribution in [0.2, 0.25) is 15.1 Å². The molecule has 0 saturated carbocycles. The summed E-state index contributed by atoms with van der Waals surface area (Å²) < 4.78 is 12.2. The van der Waals surface area contributed by atoms with Crippen molar-refractivity contribution in [3.8, 4) is 11.5 Å². The van der Waals surface area contributed by atoms with Gasteiger partial charge in [0.2, 0.25) is 0 Å². The number of ether oxygens (including phenoxy) is 2. The number of carboxylic acids is 1. The van der Waals surface area contributed by atoms with Crippen molar-refractivity contribution in [2.24, 2.45) is 0 Å². The van der Waals surface area contributed by atoms with Crippen molar-refractivity contribution in [1.29, 1.82) is 0 Å². The van der Waals surface area contributed by atoms with Crippen LogP contribution in [0.25, 0.3) is 0 Å². The zero-order valence-corrected chi connectivity index (χ0v) is 20.1. The lowest BCUT2D eigenvalue weighted by Gasteiger charge is -2.15. The van der Waals surface area contributed by atoms with E-state index in [4.69, 9.17) is 44.3 Å².